The molecule has 96 valence electrons. The second-order valence-electron chi connectivity index (χ2n) is 4.11. The number of hydrogen-bond acceptors (Lipinski definition) is 2. The molecular weight excluding hydrogens is 285 g/mol. The SMILES string of the molecule is CCNC(Cc1ccc(Cl)cc1Cl)c1ccsc1. The highest BCUT2D eigenvalue weighted by atomic mass is 35.5. The van der Waals surface area contributed by atoms with Crippen molar-refractivity contribution in [2.45, 2.75) is 19.4 Å². The van der Waals surface area contributed by atoms with Crippen LogP contribution in [0, 0.1) is 0 Å². The van der Waals surface area contributed by atoms with Crippen LogP contribution in [0.25, 0.3) is 0 Å². The summed E-state index contributed by atoms with van der Waals surface area (Å²) in [6.07, 6.45) is 0.876. The van der Waals surface area contributed by atoms with Gasteiger partial charge in [-0.2, -0.15) is 11.3 Å². The Labute approximate surface area is 122 Å². The van der Waals surface area contributed by atoms with Crippen molar-refractivity contribution in [3.63, 3.8) is 0 Å². The van der Waals surface area contributed by atoms with Gasteiger partial charge >= 0.3 is 0 Å². The molecule has 1 unspecified atom stereocenters. The standard InChI is InChI=1S/C14H15Cl2NS/c1-2-17-14(11-5-6-18-9-11)7-10-3-4-12(15)8-13(10)16/h3-6,8-9,14,17H,2,7H2,1H3. The van der Waals surface area contributed by atoms with Crippen LogP contribution in [-0.2, 0) is 6.42 Å². The van der Waals surface area contributed by atoms with E-state index in [9.17, 15) is 0 Å². The molecule has 4 heteroatoms. The molecule has 0 radical (unpaired) electrons. The zero-order valence-electron chi connectivity index (χ0n) is 10.1. The van der Waals surface area contributed by atoms with Crippen molar-refractivity contribution in [1.29, 1.82) is 0 Å². The maximum atomic E-state index is 6.23. The van der Waals surface area contributed by atoms with Gasteiger partial charge in [-0.15, -0.1) is 0 Å². The van der Waals surface area contributed by atoms with Gasteiger partial charge in [0.2, 0.25) is 0 Å². The highest BCUT2D eigenvalue weighted by Crippen LogP contribution is 2.27. The lowest BCUT2D eigenvalue weighted by atomic mass is 10.0. The molecule has 1 N–H and O–H groups in total. The number of halogens is 2. The summed E-state index contributed by atoms with van der Waals surface area (Å²) in [6.45, 7) is 3.05. The lowest BCUT2D eigenvalue weighted by molar-refractivity contribution is 0.551. The fraction of sp³-hybridized carbons (Fsp3) is 0.286. The third-order valence-electron chi connectivity index (χ3n) is 2.84. The van der Waals surface area contributed by atoms with Crippen molar-refractivity contribution < 1.29 is 0 Å². The fourth-order valence-electron chi connectivity index (χ4n) is 1.93. The van der Waals surface area contributed by atoms with Gasteiger partial charge in [0.1, 0.15) is 0 Å². The average Bonchev–Trinajstić information content (AvgIpc) is 2.85. The Morgan fingerprint density at radius 1 is 1.28 bits per heavy atom. The molecule has 0 amide bonds. The summed E-state index contributed by atoms with van der Waals surface area (Å²) in [4.78, 5) is 0. The van der Waals surface area contributed by atoms with E-state index in [0.29, 0.717) is 11.1 Å². The van der Waals surface area contributed by atoms with Crippen molar-refractivity contribution in [3.8, 4) is 0 Å². The van der Waals surface area contributed by atoms with Crippen LogP contribution in [0.4, 0.5) is 0 Å². The van der Waals surface area contributed by atoms with E-state index in [1.54, 1.807) is 17.4 Å². The first-order valence-corrected chi connectivity index (χ1v) is 7.60. The van der Waals surface area contributed by atoms with Crippen molar-refractivity contribution >= 4 is 34.5 Å². The molecule has 0 aliphatic heterocycles. The molecule has 1 aromatic heterocycles. The smallest absolute Gasteiger partial charge is 0.0453 e. The first-order valence-electron chi connectivity index (χ1n) is 5.90. The first-order chi connectivity index (χ1) is 8.70. The molecule has 1 aromatic carbocycles. The summed E-state index contributed by atoms with van der Waals surface area (Å²) >= 11 is 13.9. The number of hydrogen-bond donors (Lipinski definition) is 1. The van der Waals surface area contributed by atoms with E-state index < -0.39 is 0 Å². The van der Waals surface area contributed by atoms with Gasteiger partial charge in [-0.1, -0.05) is 36.2 Å². The monoisotopic (exact) mass is 299 g/mol. The highest BCUT2D eigenvalue weighted by Gasteiger charge is 2.13. The number of nitrogens with one attached hydrogen (secondary N) is 1. The Hall–Kier alpha value is -0.540. The zero-order chi connectivity index (χ0) is 13.0. The zero-order valence-corrected chi connectivity index (χ0v) is 12.4. The predicted octanol–water partition coefficient (Wildman–Crippen LogP) is 4.95. The third kappa shape index (κ3) is 3.48. The van der Waals surface area contributed by atoms with Crippen molar-refractivity contribution in [2.75, 3.05) is 6.54 Å². The van der Waals surface area contributed by atoms with Gasteiger partial charge < -0.3 is 5.32 Å². The van der Waals surface area contributed by atoms with Gasteiger partial charge in [-0.3, -0.25) is 0 Å². The minimum absolute atomic E-state index is 0.305. The van der Waals surface area contributed by atoms with Gasteiger partial charge in [-0.05, 0) is 53.1 Å². The van der Waals surface area contributed by atoms with Gasteiger partial charge in [-0.25, -0.2) is 0 Å². The summed E-state index contributed by atoms with van der Waals surface area (Å²) in [6, 6.07) is 8.15. The Bertz CT molecular complexity index is 497. The molecule has 1 heterocycles. The second kappa shape index (κ2) is 6.58. The molecule has 0 saturated heterocycles. The van der Waals surface area contributed by atoms with Crippen LogP contribution in [0.5, 0.6) is 0 Å². The minimum Gasteiger partial charge on any atom is -0.310 e. The maximum Gasteiger partial charge on any atom is 0.0453 e. The molecule has 0 saturated carbocycles. The molecule has 0 spiro atoms. The van der Waals surface area contributed by atoms with Crippen molar-refractivity contribution in [2.24, 2.45) is 0 Å². The Kier molecular flexibility index (Phi) is 5.07. The van der Waals surface area contributed by atoms with E-state index in [-0.39, 0.29) is 0 Å². The van der Waals surface area contributed by atoms with Gasteiger partial charge in [0.25, 0.3) is 0 Å². The Morgan fingerprint density at radius 2 is 2.11 bits per heavy atom. The van der Waals surface area contributed by atoms with Gasteiger partial charge in [0.15, 0.2) is 0 Å². The topological polar surface area (TPSA) is 12.0 Å². The average molecular weight is 300 g/mol. The molecular formula is C14H15Cl2NS. The first kappa shape index (κ1) is 13.9. The molecule has 1 atom stereocenters. The van der Waals surface area contributed by atoms with Crippen molar-refractivity contribution in [1.82, 2.24) is 5.32 Å². The fourth-order valence-corrected chi connectivity index (χ4v) is 3.13. The summed E-state index contributed by atoms with van der Waals surface area (Å²) < 4.78 is 0. The molecule has 2 rings (SSSR count). The maximum absolute atomic E-state index is 6.23. The Balaban J connectivity index is 2.18. The van der Waals surface area contributed by atoms with Crippen LogP contribution in [-0.4, -0.2) is 6.54 Å². The quantitative estimate of drug-likeness (QED) is 0.824. The molecule has 0 fully saturated rings. The molecule has 1 nitrogen and oxygen atoms in total. The molecule has 0 aliphatic rings. The molecule has 0 bridgehead atoms. The minimum atomic E-state index is 0.305. The molecule has 0 aliphatic carbocycles. The predicted molar refractivity (Wildman–Crippen MR) is 80.9 cm³/mol. The normalized spacial score (nSPS) is 12.6. The van der Waals surface area contributed by atoms with Gasteiger partial charge in [0, 0.05) is 16.1 Å². The summed E-state index contributed by atoms with van der Waals surface area (Å²) in [5.74, 6) is 0. The molecule has 2 aromatic rings. The van der Waals surface area contributed by atoms with E-state index in [2.05, 4.69) is 29.1 Å². The van der Waals surface area contributed by atoms with E-state index in [4.69, 9.17) is 23.2 Å². The van der Waals surface area contributed by atoms with E-state index in [1.807, 2.05) is 12.1 Å². The third-order valence-corrected chi connectivity index (χ3v) is 4.12. The van der Waals surface area contributed by atoms with Gasteiger partial charge in [0.05, 0.1) is 0 Å². The van der Waals surface area contributed by atoms with E-state index in [1.165, 1.54) is 5.56 Å². The molecule has 18 heavy (non-hydrogen) atoms. The number of rotatable bonds is 5. The van der Waals surface area contributed by atoms with Crippen LogP contribution >= 0.6 is 34.5 Å². The largest absolute Gasteiger partial charge is 0.310 e. The number of benzene rings is 1. The van der Waals surface area contributed by atoms with Crippen LogP contribution < -0.4 is 5.32 Å². The number of likely N-dealkylation sites (N-methyl/N-ethyl adjacent to an activating group) is 1. The highest BCUT2D eigenvalue weighted by molar-refractivity contribution is 7.07. The lowest BCUT2D eigenvalue weighted by Gasteiger charge is -2.17. The number of thiophene rings is 1. The lowest BCUT2D eigenvalue weighted by Crippen LogP contribution is -2.22. The second-order valence-corrected chi connectivity index (χ2v) is 5.73. The van der Waals surface area contributed by atoms with Crippen LogP contribution in [0.1, 0.15) is 24.1 Å². The summed E-state index contributed by atoms with van der Waals surface area (Å²) in [7, 11) is 0. The van der Waals surface area contributed by atoms with E-state index in [0.717, 1.165) is 23.6 Å². The van der Waals surface area contributed by atoms with Crippen LogP contribution in [0.15, 0.2) is 35.0 Å². The van der Waals surface area contributed by atoms with Crippen LogP contribution in [0.2, 0.25) is 10.0 Å². The summed E-state index contributed by atoms with van der Waals surface area (Å²) in [5.41, 5.74) is 2.44. The summed E-state index contributed by atoms with van der Waals surface area (Å²) in [5, 5.41) is 9.19. The van der Waals surface area contributed by atoms with Crippen LogP contribution in [0.3, 0.4) is 0 Å². The Morgan fingerprint density at radius 3 is 2.72 bits per heavy atom. The van der Waals surface area contributed by atoms with E-state index >= 15 is 0 Å². The van der Waals surface area contributed by atoms with Crippen molar-refractivity contribution in [3.05, 3.63) is 56.2 Å².